The van der Waals surface area contributed by atoms with E-state index in [-0.39, 0.29) is 0 Å². The average molecular weight is 381 g/mol. The average Bonchev–Trinajstić information content (AvgIpc) is 2.80. The van der Waals surface area contributed by atoms with Crippen LogP contribution >= 0.6 is 0 Å². The lowest BCUT2D eigenvalue weighted by Gasteiger charge is -2.23. The fourth-order valence-electron chi connectivity index (χ4n) is 3.16. The Kier molecular flexibility index (Phi) is 5.76. The third-order valence-electron chi connectivity index (χ3n) is 4.60. The van der Waals surface area contributed by atoms with Gasteiger partial charge in [0, 0.05) is 42.8 Å². The van der Waals surface area contributed by atoms with E-state index in [9.17, 15) is 0 Å². The Morgan fingerprint density at radius 3 is 2.31 bits per heavy atom. The molecular formula is C24H23N5. The van der Waals surface area contributed by atoms with E-state index in [2.05, 4.69) is 34.3 Å². The standard InChI is InChI=1S/C24H23N5/c1-2-29(21-13-7-4-8-14-21)23-16-22(26-18-19-10-9-15-25-17-19)27-24(28-23)20-11-5-3-6-12-20/h3-17H,2,18H2,1H3,(H,26,27,28). The molecule has 0 saturated heterocycles. The molecule has 2 aromatic heterocycles. The first kappa shape index (κ1) is 18.6. The predicted molar refractivity (Wildman–Crippen MR) is 118 cm³/mol. The molecule has 4 rings (SSSR count). The first-order chi connectivity index (χ1) is 14.3. The molecule has 5 nitrogen and oxygen atoms in total. The van der Waals surface area contributed by atoms with Gasteiger partial charge in [-0.2, -0.15) is 0 Å². The normalized spacial score (nSPS) is 10.5. The summed E-state index contributed by atoms with van der Waals surface area (Å²) >= 11 is 0. The highest BCUT2D eigenvalue weighted by atomic mass is 15.2. The molecule has 0 unspecified atom stereocenters. The molecule has 0 saturated carbocycles. The number of rotatable bonds is 7. The van der Waals surface area contributed by atoms with Crippen LogP contribution in [-0.4, -0.2) is 21.5 Å². The number of hydrogen-bond donors (Lipinski definition) is 1. The summed E-state index contributed by atoms with van der Waals surface area (Å²) in [6, 6.07) is 26.3. The van der Waals surface area contributed by atoms with Crippen LogP contribution in [0.5, 0.6) is 0 Å². The topological polar surface area (TPSA) is 53.9 Å². The summed E-state index contributed by atoms with van der Waals surface area (Å²) in [5.74, 6) is 2.35. The van der Waals surface area contributed by atoms with Gasteiger partial charge in [0.15, 0.2) is 5.82 Å². The minimum absolute atomic E-state index is 0.649. The van der Waals surface area contributed by atoms with Crippen LogP contribution in [0.2, 0.25) is 0 Å². The molecule has 0 amide bonds. The fourth-order valence-corrected chi connectivity index (χ4v) is 3.16. The van der Waals surface area contributed by atoms with E-state index in [1.54, 1.807) is 6.20 Å². The quantitative estimate of drug-likeness (QED) is 0.470. The van der Waals surface area contributed by atoms with E-state index in [0.717, 1.165) is 35.0 Å². The highest BCUT2D eigenvalue weighted by Crippen LogP contribution is 2.28. The Labute approximate surface area is 171 Å². The predicted octanol–water partition coefficient (Wildman–Crippen LogP) is 5.31. The third kappa shape index (κ3) is 4.58. The number of aromatic nitrogens is 3. The number of nitrogens with zero attached hydrogens (tertiary/aromatic N) is 4. The van der Waals surface area contributed by atoms with E-state index < -0.39 is 0 Å². The number of hydrogen-bond acceptors (Lipinski definition) is 5. The van der Waals surface area contributed by atoms with Gasteiger partial charge in [-0.25, -0.2) is 9.97 Å². The molecule has 29 heavy (non-hydrogen) atoms. The molecule has 144 valence electrons. The van der Waals surface area contributed by atoms with Gasteiger partial charge in [0.1, 0.15) is 11.6 Å². The minimum atomic E-state index is 0.649. The summed E-state index contributed by atoms with van der Waals surface area (Å²) in [7, 11) is 0. The molecule has 0 radical (unpaired) electrons. The number of nitrogens with one attached hydrogen (secondary N) is 1. The molecule has 5 heteroatoms. The highest BCUT2D eigenvalue weighted by molar-refractivity contribution is 5.67. The second-order valence-electron chi connectivity index (χ2n) is 6.60. The van der Waals surface area contributed by atoms with Crippen LogP contribution in [0.15, 0.2) is 91.3 Å². The SMILES string of the molecule is CCN(c1ccccc1)c1cc(NCc2cccnc2)nc(-c2ccccc2)n1. The largest absolute Gasteiger partial charge is 0.366 e. The summed E-state index contributed by atoms with van der Waals surface area (Å²) in [6.45, 7) is 3.58. The van der Waals surface area contributed by atoms with Crippen molar-refractivity contribution in [3.63, 3.8) is 0 Å². The summed E-state index contributed by atoms with van der Waals surface area (Å²) in [5.41, 5.74) is 3.19. The molecule has 0 fully saturated rings. The maximum absolute atomic E-state index is 4.87. The number of pyridine rings is 1. The van der Waals surface area contributed by atoms with Crippen molar-refractivity contribution in [2.24, 2.45) is 0 Å². The van der Waals surface area contributed by atoms with Crippen molar-refractivity contribution in [3.05, 3.63) is 96.8 Å². The molecule has 0 spiro atoms. The van der Waals surface area contributed by atoms with E-state index in [1.807, 2.05) is 72.9 Å². The van der Waals surface area contributed by atoms with E-state index in [1.165, 1.54) is 0 Å². The van der Waals surface area contributed by atoms with E-state index >= 15 is 0 Å². The molecule has 0 aliphatic heterocycles. The summed E-state index contributed by atoms with van der Waals surface area (Å²) in [5, 5.41) is 3.42. The van der Waals surface area contributed by atoms with Crippen LogP contribution in [-0.2, 0) is 6.54 Å². The van der Waals surface area contributed by atoms with Crippen LogP contribution in [0.1, 0.15) is 12.5 Å². The van der Waals surface area contributed by atoms with Gasteiger partial charge in [0.25, 0.3) is 0 Å². The lowest BCUT2D eigenvalue weighted by atomic mass is 10.2. The summed E-state index contributed by atoms with van der Waals surface area (Å²) < 4.78 is 0. The maximum atomic E-state index is 4.87. The van der Waals surface area contributed by atoms with Crippen molar-refractivity contribution in [1.82, 2.24) is 15.0 Å². The maximum Gasteiger partial charge on any atom is 0.163 e. The summed E-state index contributed by atoms with van der Waals surface area (Å²) in [6.07, 6.45) is 3.63. The highest BCUT2D eigenvalue weighted by Gasteiger charge is 2.13. The van der Waals surface area contributed by atoms with Gasteiger partial charge in [-0.15, -0.1) is 0 Å². The monoisotopic (exact) mass is 381 g/mol. The lowest BCUT2D eigenvalue weighted by Crippen LogP contribution is -2.18. The van der Waals surface area contributed by atoms with E-state index in [4.69, 9.17) is 9.97 Å². The van der Waals surface area contributed by atoms with Gasteiger partial charge in [0.2, 0.25) is 0 Å². The van der Waals surface area contributed by atoms with Gasteiger partial charge < -0.3 is 10.2 Å². The lowest BCUT2D eigenvalue weighted by molar-refractivity contribution is 0.974. The Bertz CT molecular complexity index is 1040. The number of benzene rings is 2. The molecular weight excluding hydrogens is 358 g/mol. The van der Waals surface area contributed by atoms with Gasteiger partial charge in [-0.3, -0.25) is 4.98 Å². The van der Waals surface area contributed by atoms with Crippen LogP contribution in [0.4, 0.5) is 17.3 Å². The van der Waals surface area contributed by atoms with Crippen LogP contribution < -0.4 is 10.2 Å². The van der Waals surface area contributed by atoms with Crippen molar-refractivity contribution in [2.75, 3.05) is 16.8 Å². The second kappa shape index (κ2) is 8.97. The molecule has 4 aromatic rings. The molecule has 2 aromatic carbocycles. The molecule has 2 heterocycles. The Balaban J connectivity index is 1.71. The molecule has 0 aliphatic rings. The molecule has 0 atom stereocenters. The first-order valence-electron chi connectivity index (χ1n) is 9.73. The fraction of sp³-hybridized carbons (Fsp3) is 0.125. The second-order valence-corrected chi connectivity index (χ2v) is 6.60. The molecule has 1 N–H and O–H groups in total. The molecule has 0 bridgehead atoms. The van der Waals surface area contributed by atoms with Crippen LogP contribution in [0, 0.1) is 0 Å². The number of para-hydroxylation sites is 1. The smallest absolute Gasteiger partial charge is 0.163 e. The zero-order chi connectivity index (χ0) is 19.9. The van der Waals surface area contributed by atoms with Crippen molar-refractivity contribution in [1.29, 1.82) is 0 Å². The van der Waals surface area contributed by atoms with Crippen molar-refractivity contribution in [2.45, 2.75) is 13.5 Å². The van der Waals surface area contributed by atoms with Crippen molar-refractivity contribution in [3.8, 4) is 11.4 Å². The Hall–Kier alpha value is -3.73. The summed E-state index contributed by atoms with van der Waals surface area (Å²) in [4.78, 5) is 16.0. The third-order valence-corrected chi connectivity index (χ3v) is 4.60. The van der Waals surface area contributed by atoms with Gasteiger partial charge in [-0.1, -0.05) is 54.6 Å². The van der Waals surface area contributed by atoms with Gasteiger partial charge in [0.05, 0.1) is 0 Å². The van der Waals surface area contributed by atoms with E-state index in [0.29, 0.717) is 12.4 Å². The minimum Gasteiger partial charge on any atom is -0.366 e. The zero-order valence-corrected chi connectivity index (χ0v) is 16.4. The number of anilines is 3. The Morgan fingerprint density at radius 1 is 0.862 bits per heavy atom. The van der Waals surface area contributed by atoms with Crippen LogP contribution in [0.25, 0.3) is 11.4 Å². The van der Waals surface area contributed by atoms with Crippen molar-refractivity contribution >= 4 is 17.3 Å². The van der Waals surface area contributed by atoms with Gasteiger partial charge >= 0.3 is 0 Å². The van der Waals surface area contributed by atoms with Crippen LogP contribution in [0.3, 0.4) is 0 Å². The Morgan fingerprint density at radius 2 is 1.62 bits per heavy atom. The molecule has 0 aliphatic carbocycles. The van der Waals surface area contributed by atoms with Gasteiger partial charge in [-0.05, 0) is 30.7 Å². The van der Waals surface area contributed by atoms with Crippen molar-refractivity contribution < 1.29 is 0 Å². The zero-order valence-electron chi connectivity index (χ0n) is 16.4. The first-order valence-corrected chi connectivity index (χ1v) is 9.73.